The number of carbonyl (C=O) groups excluding carboxylic acids is 1. The summed E-state index contributed by atoms with van der Waals surface area (Å²) in [5.74, 6) is -4.27. The van der Waals surface area contributed by atoms with E-state index in [2.05, 4.69) is 4.98 Å². The highest BCUT2D eigenvalue weighted by Crippen LogP contribution is 2.35. The SMILES string of the molecule is N#Cc1c(O)c(C(=O)CCC(=O)O)nc2c(-c3ccc(F)cc3F)cccc12. The van der Waals surface area contributed by atoms with Gasteiger partial charge in [-0.1, -0.05) is 18.2 Å². The third kappa shape index (κ3) is 3.38. The molecule has 8 heteroatoms. The van der Waals surface area contributed by atoms with Crippen molar-refractivity contribution in [3.63, 3.8) is 0 Å². The van der Waals surface area contributed by atoms with E-state index in [-0.39, 0.29) is 27.6 Å². The van der Waals surface area contributed by atoms with Crippen LogP contribution in [0.2, 0.25) is 0 Å². The lowest BCUT2D eigenvalue weighted by atomic mass is 9.97. The highest BCUT2D eigenvalue weighted by Gasteiger charge is 2.22. The average Bonchev–Trinajstić information content (AvgIpc) is 2.65. The van der Waals surface area contributed by atoms with E-state index in [4.69, 9.17) is 5.11 Å². The van der Waals surface area contributed by atoms with Crippen molar-refractivity contribution in [3.05, 3.63) is 59.3 Å². The number of carboxylic acid groups (broad SMARTS) is 1. The van der Waals surface area contributed by atoms with Crippen LogP contribution in [0.15, 0.2) is 36.4 Å². The molecule has 0 saturated heterocycles. The molecule has 0 bridgehead atoms. The summed E-state index contributed by atoms with van der Waals surface area (Å²) < 4.78 is 27.5. The second-order valence-electron chi connectivity index (χ2n) is 5.94. The van der Waals surface area contributed by atoms with Crippen LogP contribution in [0.5, 0.6) is 5.75 Å². The maximum absolute atomic E-state index is 14.3. The molecule has 6 nitrogen and oxygen atoms in total. The van der Waals surface area contributed by atoms with Gasteiger partial charge < -0.3 is 10.2 Å². The highest BCUT2D eigenvalue weighted by molar-refractivity contribution is 6.05. The summed E-state index contributed by atoms with van der Waals surface area (Å²) in [7, 11) is 0. The monoisotopic (exact) mass is 382 g/mol. The number of halogens is 2. The number of para-hydroxylation sites is 1. The van der Waals surface area contributed by atoms with E-state index in [1.165, 1.54) is 24.3 Å². The number of benzene rings is 2. The van der Waals surface area contributed by atoms with Crippen LogP contribution in [0.1, 0.15) is 28.9 Å². The van der Waals surface area contributed by atoms with Gasteiger partial charge in [0.25, 0.3) is 0 Å². The predicted octanol–water partition coefficient (Wildman–Crippen LogP) is 3.80. The van der Waals surface area contributed by atoms with E-state index in [0.29, 0.717) is 6.07 Å². The molecule has 1 aromatic heterocycles. The minimum absolute atomic E-state index is 0.00184. The van der Waals surface area contributed by atoms with Crippen molar-refractivity contribution in [2.45, 2.75) is 12.8 Å². The zero-order valence-electron chi connectivity index (χ0n) is 14.2. The number of aromatic nitrogens is 1. The number of nitriles is 1. The summed E-state index contributed by atoms with van der Waals surface area (Å²) in [6, 6.07) is 9.20. The Morgan fingerprint density at radius 1 is 1.11 bits per heavy atom. The number of Topliss-reactive ketones (excluding diaryl/α,β-unsaturated/α-hetero) is 1. The minimum Gasteiger partial charge on any atom is -0.504 e. The van der Waals surface area contributed by atoms with Crippen LogP contribution in [0.3, 0.4) is 0 Å². The van der Waals surface area contributed by atoms with Gasteiger partial charge in [-0.15, -0.1) is 0 Å². The molecular weight excluding hydrogens is 370 g/mol. The molecule has 0 radical (unpaired) electrons. The molecule has 0 aliphatic rings. The third-order valence-electron chi connectivity index (χ3n) is 4.15. The number of rotatable bonds is 5. The number of hydrogen-bond donors (Lipinski definition) is 2. The molecule has 28 heavy (non-hydrogen) atoms. The Kier molecular flexibility index (Phi) is 5.00. The summed E-state index contributed by atoms with van der Waals surface area (Å²) in [4.78, 5) is 27.1. The Balaban J connectivity index is 2.28. The molecule has 3 aromatic rings. The number of nitrogens with zero attached hydrogens (tertiary/aromatic N) is 2. The largest absolute Gasteiger partial charge is 0.504 e. The number of ketones is 1. The molecule has 140 valence electrons. The van der Waals surface area contributed by atoms with Gasteiger partial charge in [0.2, 0.25) is 0 Å². The Hall–Kier alpha value is -3.86. The first-order chi connectivity index (χ1) is 13.3. The van der Waals surface area contributed by atoms with Crippen LogP contribution in [-0.4, -0.2) is 26.9 Å². The summed E-state index contributed by atoms with van der Waals surface area (Å²) >= 11 is 0. The maximum Gasteiger partial charge on any atom is 0.303 e. The molecule has 1 heterocycles. The molecule has 2 N–H and O–H groups in total. The van der Waals surface area contributed by atoms with E-state index in [0.717, 1.165) is 6.07 Å². The smallest absolute Gasteiger partial charge is 0.303 e. The third-order valence-corrected chi connectivity index (χ3v) is 4.15. The van der Waals surface area contributed by atoms with E-state index >= 15 is 0 Å². The molecule has 0 saturated carbocycles. The topological polar surface area (TPSA) is 111 Å². The molecule has 0 fully saturated rings. The van der Waals surface area contributed by atoms with Crippen molar-refractivity contribution in [2.24, 2.45) is 0 Å². The number of fused-ring (bicyclic) bond motifs is 1. The van der Waals surface area contributed by atoms with Crippen LogP contribution >= 0.6 is 0 Å². The van der Waals surface area contributed by atoms with Crippen LogP contribution in [0, 0.1) is 23.0 Å². The first-order valence-corrected chi connectivity index (χ1v) is 8.09. The van der Waals surface area contributed by atoms with Crippen LogP contribution < -0.4 is 0 Å². The summed E-state index contributed by atoms with van der Waals surface area (Å²) in [5.41, 5.74) is -0.467. The van der Waals surface area contributed by atoms with E-state index in [1.54, 1.807) is 6.07 Å². The molecule has 0 unspecified atom stereocenters. The van der Waals surface area contributed by atoms with Gasteiger partial charge in [-0.2, -0.15) is 5.26 Å². The normalized spacial score (nSPS) is 10.6. The average molecular weight is 382 g/mol. The van der Waals surface area contributed by atoms with Crippen molar-refractivity contribution < 1.29 is 28.6 Å². The van der Waals surface area contributed by atoms with E-state index in [1.807, 2.05) is 0 Å². The quantitative estimate of drug-likeness (QED) is 0.649. The lowest BCUT2D eigenvalue weighted by molar-refractivity contribution is -0.136. The van der Waals surface area contributed by atoms with Gasteiger partial charge >= 0.3 is 5.97 Å². The number of aromatic hydroxyl groups is 1. The van der Waals surface area contributed by atoms with Gasteiger partial charge in [-0.25, -0.2) is 13.8 Å². The Labute approximate surface area is 157 Å². The number of carbonyl (C=O) groups is 2. The van der Waals surface area contributed by atoms with Gasteiger partial charge in [0.15, 0.2) is 11.5 Å². The molecular formula is C20H12F2N2O4. The highest BCUT2D eigenvalue weighted by atomic mass is 19.1. The first kappa shape index (κ1) is 18.9. The summed E-state index contributed by atoms with van der Waals surface area (Å²) in [6.45, 7) is 0. The molecule has 0 aliphatic carbocycles. The Morgan fingerprint density at radius 2 is 1.86 bits per heavy atom. The number of carboxylic acids is 1. The second kappa shape index (κ2) is 7.40. The van der Waals surface area contributed by atoms with Crippen molar-refractivity contribution in [2.75, 3.05) is 0 Å². The lowest BCUT2D eigenvalue weighted by Crippen LogP contribution is -2.08. The fourth-order valence-corrected chi connectivity index (χ4v) is 2.85. The molecule has 0 spiro atoms. The Morgan fingerprint density at radius 3 is 2.50 bits per heavy atom. The second-order valence-corrected chi connectivity index (χ2v) is 5.94. The van der Waals surface area contributed by atoms with Crippen LogP contribution in [0.4, 0.5) is 8.78 Å². The number of pyridine rings is 1. The fourth-order valence-electron chi connectivity index (χ4n) is 2.85. The van der Waals surface area contributed by atoms with Crippen molar-refractivity contribution in [1.82, 2.24) is 4.98 Å². The number of hydrogen-bond acceptors (Lipinski definition) is 5. The van der Waals surface area contributed by atoms with Gasteiger partial charge in [0.1, 0.15) is 29.0 Å². The molecule has 0 aliphatic heterocycles. The Bertz CT molecular complexity index is 1170. The zero-order chi connectivity index (χ0) is 20.4. The van der Waals surface area contributed by atoms with Gasteiger partial charge in [-0.3, -0.25) is 9.59 Å². The molecule has 3 rings (SSSR count). The predicted molar refractivity (Wildman–Crippen MR) is 94.7 cm³/mol. The van der Waals surface area contributed by atoms with Crippen LogP contribution in [-0.2, 0) is 4.79 Å². The van der Waals surface area contributed by atoms with Crippen molar-refractivity contribution >= 4 is 22.7 Å². The molecule has 2 aromatic carbocycles. The first-order valence-electron chi connectivity index (χ1n) is 8.09. The summed E-state index contributed by atoms with van der Waals surface area (Å²) in [6.07, 6.45) is -0.909. The fraction of sp³-hybridized carbons (Fsp3) is 0.100. The van der Waals surface area contributed by atoms with Gasteiger partial charge in [0.05, 0.1) is 11.9 Å². The van der Waals surface area contributed by atoms with Crippen LogP contribution in [0.25, 0.3) is 22.0 Å². The standard InChI is InChI=1S/C20H12F2N2O4/c21-10-4-5-11(15(22)8-10)12-2-1-3-13-14(9-23)20(28)19(24-18(12)13)16(25)6-7-17(26)27/h1-5,8,28H,6-7H2,(H,26,27). The van der Waals surface area contributed by atoms with E-state index < -0.39 is 47.7 Å². The van der Waals surface area contributed by atoms with Gasteiger partial charge in [-0.05, 0) is 12.1 Å². The minimum atomic E-state index is -1.21. The van der Waals surface area contributed by atoms with Gasteiger partial charge in [0, 0.05) is 29.0 Å². The maximum atomic E-state index is 14.3. The molecule has 0 amide bonds. The number of aliphatic carboxylic acids is 1. The lowest BCUT2D eigenvalue weighted by Gasteiger charge is -2.12. The van der Waals surface area contributed by atoms with Crippen molar-refractivity contribution in [3.8, 4) is 22.9 Å². The molecule has 0 atom stereocenters. The summed E-state index contributed by atoms with van der Waals surface area (Å²) in [5, 5.41) is 28.6. The van der Waals surface area contributed by atoms with Crippen molar-refractivity contribution in [1.29, 1.82) is 5.26 Å². The zero-order valence-corrected chi connectivity index (χ0v) is 14.2. The van der Waals surface area contributed by atoms with E-state index in [9.17, 15) is 28.7 Å².